The summed E-state index contributed by atoms with van der Waals surface area (Å²) in [5.41, 5.74) is 3.43. The average Bonchev–Trinajstić information content (AvgIpc) is 2.79. The number of hydrogen-bond acceptors (Lipinski definition) is 6. The molecular formula is C24H16N3O2S-. The minimum absolute atomic E-state index is 0.172. The zero-order valence-electron chi connectivity index (χ0n) is 15.8. The van der Waals surface area contributed by atoms with E-state index in [4.69, 9.17) is 0 Å². The Morgan fingerprint density at radius 2 is 1.87 bits per heavy atom. The van der Waals surface area contributed by atoms with Crippen LogP contribution >= 0.6 is 11.8 Å². The van der Waals surface area contributed by atoms with Gasteiger partial charge in [0.05, 0.1) is 29.5 Å². The highest BCUT2D eigenvalue weighted by Gasteiger charge is 2.09. The highest BCUT2D eigenvalue weighted by atomic mass is 32.2. The van der Waals surface area contributed by atoms with E-state index in [1.165, 1.54) is 6.07 Å². The van der Waals surface area contributed by atoms with Crippen molar-refractivity contribution in [2.24, 2.45) is 0 Å². The number of carbonyl (C=O) groups excluding carboxylic acids is 1. The van der Waals surface area contributed by atoms with Gasteiger partial charge in [0, 0.05) is 33.3 Å². The molecule has 0 amide bonds. The normalized spacial score (nSPS) is 10.5. The molecule has 1 heterocycles. The minimum atomic E-state index is -1.18. The first-order valence-corrected chi connectivity index (χ1v) is 10.2. The molecule has 4 rings (SSSR count). The molecule has 0 spiro atoms. The minimum Gasteiger partial charge on any atom is -0.545 e. The van der Waals surface area contributed by atoms with Gasteiger partial charge in [-0.1, -0.05) is 42.5 Å². The van der Waals surface area contributed by atoms with E-state index in [1.54, 1.807) is 42.4 Å². The molecule has 0 unspecified atom stereocenters. The summed E-state index contributed by atoms with van der Waals surface area (Å²) in [7, 11) is 0. The van der Waals surface area contributed by atoms with Gasteiger partial charge in [-0.25, -0.2) is 0 Å². The Morgan fingerprint density at radius 1 is 1.03 bits per heavy atom. The molecule has 0 saturated carbocycles. The number of aromatic nitrogens is 1. The Hall–Kier alpha value is -3.82. The molecule has 0 aliphatic rings. The third kappa shape index (κ3) is 4.12. The molecule has 146 valence electrons. The predicted octanol–water partition coefficient (Wildman–Crippen LogP) is 4.51. The molecule has 1 aromatic heterocycles. The number of fused-ring (bicyclic) bond motifs is 1. The largest absolute Gasteiger partial charge is 0.545 e. The number of pyridine rings is 1. The SMILES string of the molecule is N#Cc1ccc(Nc2cnccc2SCc2cccc(C(=O)[O-])c2)c2ccccc12. The smallest absolute Gasteiger partial charge is 0.0998 e. The number of anilines is 2. The van der Waals surface area contributed by atoms with Crippen molar-refractivity contribution in [3.05, 3.63) is 95.8 Å². The van der Waals surface area contributed by atoms with Crippen molar-refractivity contribution in [3.63, 3.8) is 0 Å². The quantitative estimate of drug-likeness (QED) is 0.471. The maximum Gasteiger partial charge on any atom is 0.0998 e. The van der Waals surface area contributed by atoms with E-state index in [1.807, 2.05) is 42.5 Å². The van der Waals surface area contributed by atoms with Gasteiger partial charge in [-0.05, 0) is 35.4 Å². The molecule has 5 nitrogen and oxygen atoms in total. The number of carboxylic acids is 1. The van der Waals surface area contributed by atoms with Crippen LogP contribution in [0.4, 0.5) is 11.4 Å². The van der Waals surface area contributed by atoms with Crippen molar-refractivity contribution in [2.45, 2.75) is 10.6 Å². The number of aromatic carboxylic acids is 1. The van der Waals surface area contributed by atoms with Gasteiger partial charge >= 0.3 is 0 Å². The van der Waals surface area contributed by atoms with Gasteiger partial charge in [0.15, 0.2) is 0 Å². The summed E-state index contributed by atoms with van der Waals surface area (Å²) in [5.74, 6) is -0.575. The number of carbonyl (C=O) groups is 1. The van der Waals surface area contributed by atoms with Crippen LogP contribution in [0.15, 0.2) is 84.0 Å². The summed E-state index contributed by atoms with van der Waals surface area (Å²) in [6.45, 7) is 0. The second-order valence-corrected chi connectivity index (χ2v) is 7.61. The Balaban J connectivity index is 1.61. The lowest BCUT2D eigenvalue weighted by Crippen LogP contribution is -2.22. The van der Waals surface area contributed by atoms with E-state index < -0.39 is 5.97 Å². The number of nitrogens with zero attached hydrogens (tertiary/aromatic N) is 2. The van der Waals surface area contributed by atoms with Crippen molar-refractivity contribution < 1.29 is 9.90 Å². The number of carboxylic acid groups (broad SMARTS) is 1. The number of thioether (sulfide) groups is 1. The summed E-state index contributed by atoms with van der Waals surface area (Å²) >= 11 is 1.58. The zero-order valence-corrected chi connectivity index (χ0v) is 16.6. The van der Waals surface area contributed by atoms with Crippen LogP contribution in [0.3, 0.4) is 0 Å². The summed E-state index contributed by atoms with van der Waals surface area (Å²) in [6, 6.07) is 22.4. The fourth-order valence-corrected chi connectivity index (χ4v) is 4.12. The van der Waals surface area contributed by atoms with Crippen molar-refractivity contribution in [2.75, 3.05) is 5.32 Å². The Kier molecular flexibility index (Phi) is 5.64. The Morgan fingerprint density at radius 3 is 2.67 bits per heavy atom. The third-order valence-corrected chi connectivity index (χ3v) is 5.80. The lowest BCUT2D eigenvalue weighted by Gasteiger charge is -2.14. The highest BCUT2D eigenvalue weighted by Crippen LogP contribution is 2.34. The van der Waals surface area contributed by atoms with E-state index in [2.05, 4.69) is 16.4 Å². The van der Waals surface area contributed by atoms with Gasteiger partial charge < -0.3 is 15.2 Å². The molecule has 30 heavy (non-hydrogen) atoms. The van der Waals surface area contributed by atoms with Crippen LogP contribution in [0.25, 0.3) is 10.8 Å². The fraction of sp³-hybridized carbons (Fsp3) is 0.0417. The molecule has 0 radical (unpaired) electrons. The van der Waals surface area contributed by atoms with Crippen LogP contribution < -0.4 is 10.4 Å². The lowest BCUT2D eigenvalue weighted by molar-refractivity contribution is -0.255. The maximum atomic E-state index is 11.1. The van der Waals surface area contributed by atoms with Crippen LogP contribution in [0.1, 0.15) is 21.5 Å². The van der Waals surface area contributed by atoms with Gasteiger partial charge in [-0.3, -0.25) is 4.98 Å². The number of rotatable bonds is 6. The molecule has 1 N–H and O–H groups in total. The molecule has 4 aromatic rings. The zero-order chi connectivity index (χ0) is 20.9. The molecule has 0 aliphatic heterocycles. The van der Waals surface area contributed by atoms with Gasteiger partial charge in [0.1, 0.15) is 0 Å². The Labute approximate surface area is 178 Å². The topological polar surface area (TPSA) is 88.8 Å². The number of nitriles is 1. The molecule has 3 aromatic carbocycles. The van der Waals surface area contributed by atoms with Gasteiger partial charge in [0.25, 0.3) is 0 Å². The van der Waals surface area contributed by atoms with E-state index in [0.29, 0.717) is 11.3 Å². The number of benzene rings is 3. The second kappa shape index (κ2) is 8.68. The average molecular weight is 410 g/mol. The molecule has 0 fully saturated rings. The number of hydrogen-bond donors (Lipinski definition) is 1. The van der Waals surface area contributed by atoms with Gasteiger partial charge in [0.2, 0.25) is 0 Å². The molecule has 0 bridgehead atoms. The van der Waals surface area contributed by atoms with E-state index in [0.717, 1.165) is 32.6 Å². The number of nitrogens with one attached hydrogen (secondary N) is 1. The highest BCUT2D eigenvalue weighted by molar-refractivity contribution is 7.98. The van der Waals surface area contributed by atoms with Gasteiger partial charge in [-0.15, -0.1) is 11.8 Å². The molecule has 6 heteroatoms. The first kappa shape index (κ1) is 19.5. The maximum absolute atomic E-state index is 11.1. The van der Waals surface area contributed by atoms with Crippen LogP contribution in [-0.4, -0.2) is 11.0 Å². The van der Waals surface area contributed by atoms with Gasteiger partial charge in [-0.2, -0.15) is 5.26 Å². The molecule has 0 aliphatic carbocycles. The standard InChI is InChI=1S/C24H17N3O2S/c25-13-18-8-9-21(20-7-2-1-6-19(18)20)27-22-14-26-11-10-23(22)30-15-16-4-3-5-17(12-16)24(28)29/h1-12,14,27H,15H2,(H,28,29)/p-1. The van der Waals surface area contributed by atoms with Crippen molar-refractivity contribution in [3.8, 4) is 6.07 Å². The van der Waals surface area contributed by atoms with Crippen LogP contribution in [0.5, 0.6) is 0 Å². The second-order valence-electron chi connectivity index (χ2n) is 6.59. The summed E-state index contributed by atoms with van der Waals surface area (Å²) in [5, 5.41) is 25.7. The van der Waals surface area contributed by atoms with Crippen molar-refractivity contribution in [1.29, 1.82) is 5.26 Å². The fourth-order valence-electron chi connectivity index (χ4n) is 3.20. The summed E-state index contributed by atoms with van der Waals surface area (Å²) in [4.78, 5) is 16.3. The van der Waals surface area contributed by atoms with E-state index >= 15 is 0 Å². The summed E-state index contributed by atoms with van der Waals surface area (Å²) < 4.78 is 0. The van der Waals surface area contributed by atoms with Crippen molar-refractivity contribution >= 4 is 39.9 Å². The third-order valence-electron chi connectivity index (χ3n) is 4.65. The predicted molar refractivity (Wildman–Crippen MR) is 117 cm³/mol. The lowest BCUT2D eigenvalue weighted by atomic mass is 10.0. The monoisotopic (exact) mass is 410 g/mol. The molecule has 0 saturated heterocycles. The first-order valence-electron chi connectivity index (χ1n) is 9.21. The molecular weight excluding hydrogens is 394 g/mol. The van der Waals surface area contributed by atoms with Crippen LogP contribution in [-0.2, 0) is 5.75 Å². The first-order chi connectivity index (χ1) is 14.7. The van der Waals surface area contributed by atoms with Crippen LogP contribution in [0.2, 0.25) is 0 Å². The van der Waals surface area contributed by atoms with E-state index in [9.17, 15) is 15.2 Å². The molecule has 0 atom stereocenters. The Bertz CT molecular complexity index is 1280. The summed E-state index contributed by atoms with van der Waals surface area (Å²) in [6.07, 6.45) is 3.48. The van der Waals surface area contributed by atoms with Crippen molar-refractivity contribution in [1.82, 2.24) is 4.98 Å². The van der Waals surface area contributed by atoms with Crippen LogP contribution in [0, 0.1) is 11.3 Å². The van der Waals surface area contributed by atoms with E-state index in [-0.39, 0.29) is 5.56 Å².